The van der Waals surface area contributed by atoms with Gasteiger partial charge in [0.05, 0.1) is 17.9 Å². The van der Waals surface area contributed by atoms with Crippen molar-refractivity contribution < 1.29 is 8.42 Å². The summed E-state index contributed by atoms with van der Waals surface area (Å²) < 4.78 is 30.4. The van der Waals surface area contributed by atoms with E-state index < -0.39 is 10.0 Å². The highest BCUT2D eigenvalue weighted by molar-refractivity contribution is 7.98. The number of benzene rings is 1. The second-order valence-electron chi connectivity index (χ2n) is 8.41. The molecule has 7 heteroatoms. The highest BCUT2D eigenvalue weighted by atomic mass is 32.2. The van der Waals surface area contributed by atoms with Crippen LogP contribution in [0.3, 0.4) is 0 Å². The molecule has 2 aliphatic rings. The summed E-state index contributed by atoms with van der Waals surface area (Å²) in [6.07, 6.45) is 8.58. The Labute approximate surface area is 184 Å². The Balaban J connectivity index is 1.54. The van der Waals surface area contributed by atoms with E-state index in [1.807, 2.05) is 41.6 Å². The van der Waals surface area contributed by atoms with Crippen LogP contribution in [0.2, 0.25) is 0 Å². The Kier molecular flexibility index (Phi) is 7.01. The molecule has 2 aromatic rings. The molecule has 30 heavy (non-hydrogen) atoms. The van der Waals surface area contributed by atoms with Crippen molar-refractivity contribution in [2.45, 2.75) is 63.8 Å². The maximum Gasteiger partial charge on any atom is 0.234 e. The lowest BCUT2D eigenvalue weighted by Crippen LogP contribution is -2.37. The smallest absolute Gasteiger partial charge is 0.234 e. The minimum atomic E-state index is -3.50. The third kappa shape index (κ3) is 5.37. The summed E-state index contributed by atoms with van der Waals surface area (Å²) in [7, 11) is -3.50. The van der Waals surface area contributed by atoms with Gasteiger partial charge in [0.15, 0.2) is 0 Å². The Morgan fingerprint density at radius 1 is 1.23 bits per heavy atom. The monoisotopic (exact) mass is 445 g/mol. The number of sulfonamides is 1. The van der Waals surface area contributed by atoms with Gasteiger partial charge in [0.2, 0.25) is 10.0 Å². The van der Waals surface area contributed by atoms with Crippen LogP contribution in [0.15, 0.2) is 35.7 Å². The average molecular weight is 446 g/mol. The fourth-order valence-electron chi connectivity index (χ4n) is 4.51. The third-order valence-electron chi connectivity index (χ3n) is 6.19. The second-order valence-corrected chi connectivity index (χ2v) is 11.1. The van der Waals surface area contributed by atoms with Crippen molar-refractivity contribution in [1.29, 1.82) is 0 Å². The minimum Gasteiger partial charge on any atom is -0.260 e. The summed E-state index contributed by atoms with van der Waals surface area (Å²) in [5.74, 6) is 2.39. The van der Waals surface area contributed by atoms with Crippen LogP contribution in [0.5, 0.6) is 0 Å². The van der Waals surface area contributed by atoms with Crippen LogP contribution in [0, 0.1) is 5.92 Å². The van der Waals surface area contributed by atoms with E-state index in [1.54, 1.807) is 6.08 Å². The first-order chi connectivity index (χ1) is 14.5. The third-order valence-corrected chi connectivity index (χ3v) is 8.37. The zero-order valence-corrected chi connectivity index (χ0v) is 19.2. The van der Waals surface area contributed by atoms with E-state index in [4.69, 9.17) is 5.10 Å². The van der Waals surface area contributed by atoms with Crippen molar-refractivity contribution in [3.05, 3.63) is 58.3 Å². The van der Waals surface area contributed by atoms with Gasteiger partial charge in [-0.3, -0.25) is 4.68 Å². The van der Waals surface area contributed by atoms with Crippen molar-refractivity contribution in [3.63, 3.8) is 0 Å². The molecule has 1 aromatic carbocycles. The fraction of sp³-hybridized carbons (Fsp3) is 0.522. The lowest BCUT2D eigenvalue weighted by Gasteiger charge is -2.27. The van der Waals surface area contributed by atoms with Crippen molar-refractivity contribution >= 4 is 27.9 Å². The van der Waals surface area contributed by atoms with E-state index >= 15 is 0 Å². The molecule has 1 atom stereocenters. The van der Waals surface area contributed by atoms with Crippen molar-refractivity contribution in [2.24, 2.45) is 5.92 Å². The molecule has 1 fully saturated rings. The van der Waals surface area contributed by atoms with Gasteiger partial charge < -0.3 is 0 Å². The summed E-state index contributed by atoms with van der Waals surface area (Å²) in [4.78, 5) is 0. The van der Waals surface area contributed by atoms with Crippen LogP contribution in [0.25, 0.3) is 6.08 Å². The number of aryl methyl sites for hydroxylation is 1. The first kappa shape index (κ1) is 21.7. The van der Waals surface area contributed by atoms with E-state index in [1.165, 1.54) is 30.2 Å². The Morgan fingerprint density at radius 3 is 2.77 bits per heavy atom. The maximum absolute atomic E-state index is 12.8. The van der Waals surface area contributed by atoms with Gasteiger partial charge in [-0.25, -0.2) is 13.1 Å². The van der Waals surface area contributed by atoms with E-state index in [0.717, 1.165) is 47.7 Å². The Hall–Kier alpha value is -1.57. The summed E-state index contributed by atoms with van der Waals surface area (Å²) >= 11 is 1.88. The molecule has 1 N–H and O–H groups in total. The number of hydrogen-bond acceptors (Lipinski definition) is 4. The van der Waals surface area contributed by atoms with Crippen LogP contribution in [0.1, 0.15) is 61.5 Å². The number of fused-ring (bicyclic) bond motifs is 1. The van der Waals surface area contributed by atoms with Gasteiger partial charge in [0, 0.05) is 29.2 Å². The maximum atomic E-state index is 12.8. The Morgan fingerprint density at radius 2 is 2.00 bits per heavy atom. The van der Waals surface area contributed by atoms with Gasteiger partial charge in [-0.15, -0.1) is 0 Å². The molecule has 1 aliphatic heterocycles. The van der Waals surface area contributed by atoms with Gasteiger partial charge >= 0.3 is 0 Å². The summed E-state index contributed by atoms with van der Waals surface area (Å²) in [5, 5.41) is 6.16. The fourth-order valence-corrected chi connectivity index (χ4v) is 6.61. The lowest BCUT2D eigenvalue weighted by atomic mass is 9.85. The average Bonchev–Trinajstić information content (AvgIpc) is 3.10. The number of nitrogens with one attached hydrogen (secondary N) is 1. The predicted octanol–water partition coefficient (Wildman–Crippen LogP) is 4.58. The largest absolute Gasteiger partial charge is 0.260 e. The molecular formula is C23H31N3O2S2. The highest BCUT2D eigenvalue weighted by Crippen LogP contribution is 2.29. The van der Waals surface area contributed by atoms with Gasteiger partial charge in [0.25, 0.3) is 0 Å². The molecular weight excluding hydrogens is 414 g/mol. The quantitative estimate of drug-likeness (QED) is 0.678. The molecule has 0 saturated heterocycles. The van der Waals surface area contributed by atoms with Crippen LogP contribution in [0.4, 0.5) is 0 Å². The molecule has 0 unspecified atom stereocenters. The molecule has 1 saturated carbocycles. The molecule has 0 spiro atoms. The van der Waals surface area contributed by atoms with Crippen molar-refractivity contribution in [1.82, 2.24) is 14.5 Å². The van der Waals surface area contributed by atoms with E-state index in [-0.39, 0.29) is 6.04 Å². The molecule has 4 rings (SSSR count). The van der Waals surface area contributed by atoms with Gasteiger partial charge in [0.1, 0.15) is 0 Å². The molecule has 1 aliphatic carbocycles. The second kappa shape index (κ2) is 9.71. The lowest BCUT2D eigenvalue weighted by molar-refractivity contribution is 0.303. The topological polar surface area (TPSA) is 64.0 Å². The molecule has 0 radical (unpaired) electrons. The van der Waals surface area contributed by atoms with E-state index in [0.29, 0.717) is 12.5 Å². The number of rotatable bonds is 7. The number of hydrogen-bond donors (Lipinski definition) is 1. The van der Waals surface area contributed by atoms with Gasteiger partial charge in [-0.05, 0) is 43.1 Å². The molecule has 2 heterocycles. The zero-order chi connectivity index (χ0) is 21.0. The summed E-state index contributed by atoms with van der Waals surface area (Å²) in [5.41, 5.74) is 4.35. The molecule has 162 valence electrons. The van der Waals surface area contributed by atoms with Crippen molar-refractivity contribution in [3.8, 4) is 0 Å². The van der Waals surface area contributed by atoms with Crippen LogP contribution < -0.4 is 4.72 Å². The van der Waals surface area contributed by atoms with Gasteiger partial charge in [-0.1, -0.05) is 49.6 Å². The predicted molar refractivity (Wildman–Crippen MR) is 125 cm³/mol. The number of nitrogens with zero attached hydrogens (tertiary/aromatic N) is 2. The van der Waals surface area contributed by atoms with E-state index in [2.05, 4.69) is 16.9 Å². The summed E-state index contributed by atoms with van der Waals surface area (Å²) in [6, 6.07) is 10.2. The number of thioether (sulfide) groups is 1. The molecule has 0 amide bonds. The van der Waals surface area contributed by atoms with Crippen LogP contribution >= 0.6 is 11.8 Å². The molecule has 5 nitrogen and oxygen atoms in total. The molecule has 1 aromatic heterocycles. The minimum absolute atomic E-state index is 0.0290. The molecule has 0 bridgehead atoms. The normalized spacial score (nSPS) is 19.1. The zero-order valence-electron chi connectivity index (χ0n) is 17.6. The van der Waals surface area contributed by atoms with Crippen molar-refractivity contribution in [2.75, 3.05) is 5.75 Å². The first-order valence-electron chi connectivity index (χ1n) is 10.9. The highest BCUT2D eigenvalue weighted by Gasteiger charge is 2.24. The van der Waals surface area contributed by atoms with Gasteiger partial charge in [-0.2, -0.15) is 16.9 Å². The Bertz CT molecular complexity index is 977. The standard InChI is InChI=1S/C23H31N3O2S2/c1-18(20-10-6-3-7-11-20)25-30(27,28)15-13-23-21-17-29-14-12-22(21)24-26(23)16-19-8-4-2-5-9-19/h2,4-5,8-9,13,15,18,20,25H,3,6-7,10-12,14,16-17H2,1H3/t18-/m0/s1. The van der Waals surface area contributed by atoms with Crippen LogP contribution in [-0.4, -0.2) is 30.0 Å². The van der Waals surface area contributed by atoms with Crippen LogP contribution in [-0.2, 0) is 28.7 Å². The summed E-state index contributed by atoms with van der Waals surface area (Å²) in [6.45, 7) is 2.64. The first-order valence-corrected chi connectivity index (χ1v) is 13.6. The number of aromatic nitrogens is 2. The SMILES string of the molecule is C[C@H](NS(=O)(=O)C=Cc1c2c(nn1Cc1ccccc1)CCSC2)C1CCCCC1. The van der Waals surface area contributed by atoms with E-state index in [9.17, 15) is 8.42 Å².